The van der Waals surface area contributed by atoms with Gasteiger partial charge in [-0.1, -0.05) is 0 Å². The third-order valence-electron chi connectivity index (χ3n) is 5.40. The van der Waals surface area contributed by atoms with Crippen LogP contribution < -0.4 is 4.80 Å². The van der Waals surface area contributed by atoms with Crippen LogP contribution in [0.5, 0.6) is 0 Å². The zero-order chi connectivity index (χ0) is 14.0. The summed E-state index contributed by atoms with van der Waals surface area (Å²) in [4.78, 5) is 17.9. The van der Waals surface area contributed by atoms with Crippen molar-refractivity contribution in [3.63, 3.8) is 0 Å². The van der Waals surface area contributed by atoms with E-state index in [2.05, 4.69) is 4.99 Å². The molecule has 0 aliphatic heterocycles. The van der Waals surface area contributed by atoms with E-state index in [0.29, 0.717) is 11.8 Å². The Bertz CT molecular complexity index is 618. The van der Waals surface area contributed by atoms with E-state index in [1.807, 2.05) is 23.2 Å². The molecule has 0 saturated heterocycles. The number of hydrogen-bond donors (Lipinski definition) is 0. The number of thiazole rings is 1. The van der Waals surface area contributed by atoms with Gasteiger partial charge in [0.1, 0.15) is 0 Å². The van der Waals surface area contributed by atoms with E-state index in [-0.39, 0.29) is 16.2 Å². The molecule has 2 atom stereocenters. The molecule has 108 valence electrons. The molecule has 2 unspecified atom stereocenters. The molecule has 4 aliphatic carbocycles. The lowest BCUT2D eigenvalue weighted by molar-refractivity contribution is -0.141. The first-order chi connectivity index (χ1) is 9.48. The highest BCUT2D eigenvalue weighted by molar-refractivity contribution is 7.07. The van der Waals surface area contributed by atoms with E-state index in [4.69, 9.17) is 11.6 Å². The van der Waals surface area contributed by atoms with Crippen LogP contribution in [0.25, 0.3) is 0 Å². The summed E-state index contributed by atoms with van der Waals surface area (Å²) in [5.74, 6) is 1.37. The summed E-state index contributed by atoms with van der Waals surface area (Å²) in [6.45, 7) is 0. The van der Waals surface area contributed by atoms with Gasteiger partial charge in [-0.2, -0.15) is 4.99 Å². The van der Waals surface area contributed by atoms with Crippen LogP contribution >= 0.6 is 22.9 Å². The fraction of sp³-hybridized carbons (Fsp3) is 0.733. The second-order valence-electron chi connectivity index (χ2n) is 7.11. The van der Waals surface area contributed by atoms with Crippen molar-refractivity contribution in [2.24, 2.45) is 29.3 Å². The van der Waals surface area contributed by atoms with Crippen molar-refractivity contribution in [2.75, 3.05) is 0 Å². The second kappa shape index (κ2) is 4.20. The number of aryl methyl sites for hydroxylation is 1. The number of rotatable bonds is 1. The van der Waals surface area contributed by atoms with E-state index >= 15 is 0 Å². The molecule has 1 amide bonds. The first kappa shape index (κ1) is 13.1. The standard InChI is InChI=1S/C15H19ClN2OS/c1-18-2-3-20-13(18)17-12(19)14-5-10-4-11(6-14)8-15(16,7-10)9-14/h2-3,10-11H,4-9H2,1H3. The van der Waals surface area contributed by atoms with Gasteiger partial charge in [0.2, 0.25) is 0 Å². The van der Waals surface area contributed by atoms with Gasteiger partial charge < -0.3 is 4.57 Å². The van der Waals surface area contributed by atoms with Gasteiger partial charge in [-0.15, -0.1) is 22.9 Å². The van der Waals surface area contributed by atoms with Gasteiger partial charge in [0.25, 0.3) is 5.91 Å². The van der Waals surface area contributed by atoms with E-state index in [0.717, 1.165) is 36.9 Å². The average Bonchev–Trinajstić information content (AvgIpc) is 2.71. The van der Waals surface area contributed by atoms with Gasteiger partial charge in [-0.25, -0.2) is 0 Å². The molecule has 4 fully saturated rings. The van der Waals surface area contributed by atoms with Gasteiger partial charge in [-0.3, -0.25) is 4.79 Å². The van der Waals surface area contributed by atoms with Crippen molar-refractivity contribution in [1.29, 1.82) is 0 Å². The van der Waals surface area contributed by atoms with Crippen LogP contribution in [0.3, 0.4) is 0 Å². The van der Waals surface area contributed by atoms with Crippen LogP contribution in [0.4, 0.5) is 0 Å². The largest absolute Gasteiger partial charge is 0.327 e. The Labute approximate surface area is 127 Å². The molecule has 4 bridgehead atoms. The molecule has 0 spiro atoms. The van der Waals surface area contributed by atoms with Crippen molar-refractivity contribution in [2.45, 2.75) is 43.4 Å². The zero-order valence-corrected chi connectivity index (χ0v) is 13.2. The van der Waals surface area contributed by atoms with Gasteiger partial charge in [-0.05, 0) is 50.4 Å². The smallest absolute Gasteiger partial charge is 0.254 e. The number of aromatic nitrogens is 1. The monoisotopic (exact) mass is 310 g/mol. The number of carbonyl (C=O) groups is 1. The number of halogens is 1. The van der Waals surface area contributed by atoms with Crippen molar-refractivity contribution in [3.8, 4) is 0 Å². The van der Waals surface area contributed by atoms with Gasteiger partial charge >= 0.3 is 0 Å². The minimum atomic E-state index is -0.261. The Balaban J connectivity index is 1.71. The summed E-state index contributed by atoms with van der Waals surface area (Å²) in [7, 11) is 1.94. The molecule has 1 aromatic rings. The molecule has 20 heavy (non-hydrogen) atoms. The molecule has 0 aromatic carbocycles. The SMILES string of the molecule is Cn1ccsc1=NC(=O)C12CC3CC(CC(Cl)(C3)C1)C2. The lowest BCUT2D eigenvalue weighted by atomic mass is 9.49. The number of carbonyl (C=O) groups excluding carboxylic acids is 1. The molecule has 5 rings (SSSR count). The van der Waals surface area contributed by atoms with Crippen LogP contribution in [0.15, 0.2) is 16.6 Å². The maximum absolute atomic E-state index is 12.8. The fourth-order valence-corrected chi connectivity index (χ4v) is 6.46. The van der Waals surface area contributed by atoms with E-state index in [1.165, 1.54) is 17.8 Å². The summed E-state index contributed by atoms with van der Waals surface area (Å²) >= 11 is 8.30. The predicted octanol–water partition coefficient (Wildman–Crippen LogP) is 3.09. The Morgan fingerprint density at radius 2 is 2.10 bits per heavy atom. The summed E-state index contributed by atoms with van der Waals surface area (Å²) in [6.07, 6.45) is 8.28. The number of nitrogens with zero attached hydrogens (tertiary/aromatic N) is 2. The number of hydrogen-bond acceptors (Lipinski definition) is 2. The third-order valence-corrected chi connectivity index (χ3v) is 6.69. The quantitative estimate of drug-likeness (QED) is 0.734. The molecular formula is C15H19ClN2OS. The highest BCUT2D eigenvalue weighted by Crippen LogP contribution is 2.64. The summed E-state index contributed by atoms with van der Waals surface area (Å²) < 4.78 is 1.92. The molecule has 3 nitrogen and oxygen atoms in total. The van der Waals surface area contributed by atoms with E-state index in [1.54, 1.807) is 0 Å². The van der Waals surface area contributed by atoms with Crippen LogP contribution in [0, 0.1) is 17.3 Å². The first-order valence-corrected chi connectivity index (χ1v) is 8.62. The molecule has 4 aliphatic rings. The topological polar surface area (TPSA) is 34.4 Å². The Hall–Kier alpha value is -0.610. The zero-order valence-electron chi connectivity index (χ0n) is 11.6. The number of amides is 1. The minimum absolute atomic E-state index is 0.0784. The molecular weight excluding hydrogens is 292 g/mol. The maximum atomic E-state index is 12.8. The lowest BCUT2D eigenvalue weighted by Crippen LogP contribution is -2.55. The Morgan fingerprint density at radius 1 is 1.40 bits per heavy atom. The summed E-state index contributed by atoms with van der Waals surface area (Å²) in [6, 6.07) is 0. The highest BCUT2D eigenvalue weighted by atomic mass is 35.5. The minimum Gasteiger partial charge on any atom is -0.327 e. The molecule has 1 aromatic heterocycles. The van der Waals surface area contributed by atoms with Crippen molar-refractivity contribution >= 4 is 28.8 Å². The lowest BCUT2D eigenvalue weighted by Gasteiger charge is -2.58. The fourth-order valence-electron chi connectivity index (χ4n) is 5.04. The average molecular weight is 311 g/mol. The molecule has 5 heteroatoms. The normalized spacial score (nSPS) is 43.2. The van der Waals surface area contributed by atoms with Gasteiger partial charge in [0.05, 0.1) is 5.41 Å². The second-order valence-corrected chi connectivity index (χ2v) is 8.78. The van der Waals surface area contributed by atoms with Crippen LogP contribution in [0.1, 0.15) is 38.5 Å². The van der Waals surface area contributed by atoms with Crippen LogP contribution in [0.2, 0.25) is 0 Å². The molecule has 4 saturated carbocycles. The number of alkyl halides is 1. The highest BCUT2D eigenvalue weighted by Gasteiger charge is 2.60. The van der Waals surface area contributed by atoms with Crippen LogP contribution in [-0.4, -0.2) is 15.3 Å². The van der Waals surface area contributed by atoms with E-state index in [9.17, 15) is 4.79 Å². The Morgan fingerprint density at radius 3 is 2.65 bits per heavy atom. The van der Waals surface area contributed by atoms with Crippen molar-refractivity contribution in [1.82, 2.24) is 4.57 Å². The third kappa shape index (κ3) is 1.92. The summed E-state index contributed by atoms with van der Waals surface area (Å²) in [5, 5.41) is 1.97. The predicted molar refractivity (Wildman–Crippen MR) is 79.6 cm³/mol. The molecule has 1 heterocycles. The van der Waals surface area contributed by atoms with Crippen molar-refractivity contribution in [3.05, 3.63) is 16.4 Å². The molecule has 0 N–H and O–H groups in total. The summed E-state index contributed by atoms with van der Waals surface area (Å²) in [5.41, 5.74) is -0.261. The van der Waals surface area contributed by atoms with E-state index < -0.39 is 0 Å². The Kier molecular flexibility index (Phi) is 2.75. The van der Waals surface area contributed by atoms with Gasteiger partial charge in [0.15, 0.2) is 4.80 Å². The van der Waals surface area contributed by atoms with Gasteiger partial charge in [0, 0.05) is 23.5 Å². The molecule has 0 radical (unpaired) electrons. The van der Waals surface area contributed by atoms with Crippen LogP contribution in [-0.2, 0) is 11.8 Å². The van der Waals surface area contributed by atoms with Crippen molar-refractivity contribution < 1.29 is 4.79 Å². The first-order valence-electron chi connectivity index (χ1n) is 7.36. The maximum Gasteiger partial charge on any atom is 0.254 e.